The molecule has 218 valence electrons. The van der Waals surface area contributed by atoms with Crippen LogP contribution in [0.4, 0.5) is 0 Å². The maximum atomic E-state index is 11.8. The van der Waals surface area contributed by atoms with Gasteiger partial charge in [-0.05, 0) is 32.1 Å². The van der Waals surface area contributed by atoms with Crippen molar-refractivity contribution >= 4 is 11.9 Å². The van der Waals surface area contributed by atoms with Crippen LogP contribution in [0.2, 0.25) is 0 Å². The van der Waals surface area contributed by atoms with Gasteiger partial charge in [0.1, 0.15) is 19.3 Å². The highest BCUT2D eigenvalue weighted by Crippen LogP contribution is 2.07. The summed E-state index contributed by atoms with van der Waals surface area (Å²) in [6, 6.07) is 0. The fraction of sp³-hybridized carbons (Fsp3) is 0.677. The van der Waals surface area contributed by atoms with Crippen molar-refractivity contribution in [2.45, 2.75) is 122 Å². The van der Waals surface area contributed by atoms with Crippen molar-refractivity contribution in [3.8, 4) is 0 Å². The molecule has 0 spiro atoms. The lowest BCUT2D eigenvalue weighted by molar-refractivity contribution is -0.152. The Morgan fingerprint density at radius 2 is 1.11 bits per heavy atom. The average molecular weight is 537 g/mol. The first-order valence-corrected chi connectivity index (χ1v) is 14.4. The number of aliphatic hydroxyl groups is 3. The summed E-state index contributed by atoms with van der Waals surface area (Å²) in [6.07, 6.45) is 24.1. The molecule has 0 saturated heterocycles. The van der Waals surface area contributed by atoms with Crippen LogP contribution in [0.5, 0.6) is 0 Å². The van der Waals surface area contributed by atoms with E-state index in [9.17, 15) is 24.9 Å². The number of ether oxygens (including phenoxy) is 2. The number of unbranched alkanes of at least 4 members (excludes halogenated alkanes) is 6. The molecule has 0 fully saturated rings. The number of aliphatic hydroxyl groups excluding tert-OH is 3. The van der Waals surface area contributed by atoms with Gasteiger partial charge in [-0.25, -0.2) is 0 Å². The number of esters is 2. The molecule has 0 saturated carbocycles. The van der Waals surface area contributed by atoms with Crippen LogP contribution in [0.15, 0.2) is 48.6 Å². The quantitative estimate of drug-likeness (QED) is 0.0802. The van der Waals surface area contributed by atoms with Gasteiger partial charge in [-0.2, -0.15) is 0 Å². The third-order valence-corrected chi connectivity index (χ3v) is 5.78. The predicted octanol–water partition coefficient (Wildman–Crippen LogP) is 5.88. The van der Waals surface area contributed by atoms with Crippen LogP contribution in [0.3, 0.4) is 0 Å². The van der Waals surface area contributed by atoms with Crippen molar-refractivity contribution < 1.29 is 34.4 Å². The molecule has 0 aromatic rings. The first kappa shape index (κ1) is 35.8. The molecule has 0 radical (unpaired) electrons. The van der Waals surface area contributed by atoms with Gasteiger partial charge < -0.3 is 24.8 Å². The molecule has 0 bridgehead atoms. The van der Waals surface area contributed by atoms with Crippen molar-refractivity contribution in [3.63, 3.8) is 0 Å². The van der Waals surface area contributed by atoms with Crippen LogP contribution in [-0.2, 0) is 19.1 Å². The molecule has 3 atom stereocenters. The Hall–Kier alpha value is -2.22. The van der Waals surface area contributed by atoms with Crippen LogP contribution >= 0.6 is 0 Å². The summed E-state index contributed by atoms with van der Waals surface area (Å²) in [5.41, 5.74) is 0. The van der Waals surface area contributed by atoms with Crippen molar-refractivity contribution in [1.29, 1.82) is 0 Å². The third kappa shape index (κ3) is 25.4. The maximum Gasteiger partial charge on any atom is 0.305 e. The highest BCUT2D eigenvalue weighted by molar-refractivity contribution is 5.69. The van der Waals surface area contributed by atoms with E-state index in [1.54, 1.807) is 18.2 Å². The van der Waals surface area contributed by atoms with Crippen LogP contribution in [-0.4, -0.2) is 58.8 Å². The van der Waals surface area contributed by atoms with Gasteiger partial charge in [0.25, 0.3) is 0 Å². The van der Waals surface area contributed by atoms with Gasteiger partial charge in [0.15, 0.2) is 0 Å². The highest BCUT2D eigenvalue weighted by Gasteiger charge is 2.12. The maximum absolute atomic E-state index is 11.8. The van der Waals surface area contributed by atoms with Crippen molar-refractivity contribution in [2.24, 2.45) is 0 Å². The second kappa shape index (κ2) is 26.4. The molecule has 0 aliphatic rings. The van der Waals surface area contributed by atoms with Gasteiger partial charge in [-0.15, -0.1) is 0 Å². The number of rotatable bonds is 24. The van der Waals surface area contributed by atoms with Gasteiger partial charge in [-0.3, -0.25) is 9.59 Å². The smallest absolute Gasteiger partial charge is 0.305 e. The van der Waals surface area contributed by atoms with Gasteiger partial charge >= 0.3 is 11.9 Å². The number of hydrogen-bond acceptors (Lipinski definition) is 7. The fourth-order valence-corrected chi connectivity index (χ4v) is 3.47. The Morgan fingerprint density at radius 1 is 0.632 bits per heavy atom. The van der Waals surface area contributed by atoms with E-state index in [0.29, 0.717) is 19.3 Å². The predicted molar refractivity (Wildman–Crippen MR) is 152 cm³/mol. The number of allylic oxidation sites excluding steroid dienone is 6. The molecule has 3 N–H and O–H groups in total. The first-order chi connectivity index (χ1) is 18.4. The number of carbonyl (C=O) groups is 2. The van der Waals surface area contributed by atoms with Crippen molar-refractivity contribution in [2.75, 3.05) is 13.2 Å². The molecular weight excluding hydrogens is 484 g/mol. The van der Waals surface area contributed by atoms with Gasteiger partial charge in [-0.1, -0.05) is 107 Å². The van der Waals surface area contributed by atoms with Crippen LogP contribution in [0.1, 0.15) is 104 Å². The Morgan fingerprint density at radius 3 is 1.66 bits per heavy atom. The average Bonchev–Trinajstić information content (AvgIpc) is 2.89. The van der Waals surface area contributed by atoms with Gasteiger partial charge in [0.2, 0.25) is 0 Å². The van der Waals surface area contributed by atoms with E-state index in [1.165, 1.54) is 0 Å². The van der Waals surface area contributed by atoms with Crippen LogP contribution in [0.25, 0.3) is 0 Å². The minimum absolute atomic E-state index is 0.136. The summed E-state index contributed by atoms with van der Waals surface area (Å²) in [7, 11) is 0. The van der Waals surface area contributed by atoms with Gasteiger partial charge in [0.05, 0.1) is 12.2 Å². The number of carbonyl (C=O) groups excluding carboxylic acids is 2. The summed E-state index contributed by atoms with van der Waals surface area (Å²) >= 11 is 0. The Labute approximate surface area is 230 Å². The van der Waals surface area contributed by atoms with E-state index in [4.69, 9.17) is 9.47 Å². The molecule has 0 rings (SSSR count). The SMILES string of the molecule is CCCCCCCC(=O)OC[C@@H](O)COC(=O)CCC[C@@H](O)/C=C/C=C\C/C=C\C=C\[C@@H](O)CCCCC. The van der Waals surface area contributed by atoms with E-state index < -0.39 is 18.2 Å². The zero-order chi connectivity index (χ0) is 28.3. The van der Waals surface area contributed by atoms with E-state index in [-0.39, 0.29) is 31.7 Å². The van der Waals surface area contributed by atoms with Crippen LogP contribution in [0, 0.1) is 0 Å². The molecule has 0 aromatic carbocycles. The minimum Gasteiger partial charge on any atom is -0.463 e. The minimum atomic E-state index is -1.05. The molecular formula is C31H52O7. The van der Waals surface area contributed by atoms with E-state index in [1.807, 2.05) is 30.4 Å². The standard InChI is InChI=1S/C31H52O7/c1-3-5-7-11-17-23-30(35)37-25-29(34)26-38-31(36)24-18-22-28(33)21-16-13-10-8-9-12-15-20-27(32)19-14-6-4-2/h9-10,12-13,15-16,20-21,27-29,32-34H,3-8,11,14,17-19,22-26H2,1-2H3/b12-9-,13-10-,20-15+,21-16+/t27-,28-,29+/m0/s1. The first-order valence-electron chi connectivity index (χ1n) is 14.4. The molecule has 0 unspecified atom stereocenters. The Balaban J connectivity index is 3.83. The lowest BCUT2D eigenvalue weighted by atomic mass is 10.1. The normalized spacial score (nSPS) is 14.6. The van der Waals surface area contributed by atoms with Gasteiger partial charge in [0, 0.05) is 12.8 Å². The Bertz CT molecular complexity index is 696. The second-order valence-electron chi connectivity index (χ2n) is 9.57. The number of hydrogen-bond donors (Lipinski definition) is 3. The molecule has 0 aliphatic heterocycles. The topological polar surface area (TPSA) is 113 Å². The molecule has 7 nitrogen and oxygen atoms in total. The second-order valence-corrected chi connectivity index (χ2v) is 9.57. The monoisotopic (exact) mass is 536 g/mol. The van der Waals surface area contributed by atoms with E-state index in [2.05, 4.69) is 13.8 Å². The summed E-state index contributed by atoms with van der Waals surface area (Å²) in [5, 5.41) is 29.6. The lowest BCUT2D eigenvalue weighted by Crippen LogP contribution is -2.25. The zero-order valence-electron chi connectivity index (χ0n) is 23.6. The molecule has 0 aliphatic carbocycles. The van der Waals surface area contributed by atoms with Crippen molar-refractivity contribution in [3.05, 3.63) is 48.6 Å². The van der Waals surface area contributed by atoms with Crippen LogP contribution < -0.4 is 0 Å². The van der Waals surface area contributed by atoms with E-state index in [0.717, 1.165) is 64.2 Å². The Kier molecular flexibility index (Phi) is 24.8. The summed E-state index contributed by atoms with van der Waals surface area (Å²) in [5.74, 6) is -0.807. The molecule has 38 heavy (non-hydrogen) atoms. The molecule has 0 heterocycles. The molecule has 0 aromatic heterocycles. The third-order valence-electron chi connectivity index (χ3n) is 5.78. The van der Waals surface area contributed by atoms with Crippen molar-refractivity contribution in [1.82, 2.24) is 0 Å². The zero-order valence-corrected chi connectivity index (χ0v) is 23.6. The fourth-order valence-electron chi connectivity index (χ4n) is 3.47. The highest BCUT2D eigenvalue weighted by atomic mass is 16.6. The lowest BCUT2D eigenvalue weighted by Gasteiger charge is -2.12. The molecule has 0 amide bonds. The summed E-state index contributed by atoms with van der Waals surface area (Å²) in [4.78, 5) is 23.5. The summed E-state index contributed by atoms with van der Waals surface area (Å²) < 4.78 is 10.0. The molecule has 7 heteroatoms. The summed E-state index contributed by atoms with van der Waals surface area (Å²) in [6.45, 7) is 3.87. The largest absolute Gasteiger partial charge is 0.463 e. The van der Waals surface area contributed by atoms with E-state index >= 15 is 0 Å².